The van der Waals surface area contributed by atoms with Gasteiger partial charge in [-0.3, -0.25) is 0 Å². The third-order valence-corrected chi connectivity index (χ3v) is 7.79. The quantitative estimate of drug-likeness (QED) is 0.130. The molecule has 0 aliphatic carbocycles. The van der Waals surface area contributed by atoms with Crippen LogP contribution in [0.15, 0.2) is 0 Å². The Balaban J connectivity index is 8.60. The minimum atomic E-state index is -1.000. The standard InChI is InChI=1S/C49H59/c1-11-19-26-31-37-47(36-18-8,38-32-27-20-12-2)43-44-48(39-24-16-6,40-25-17-7)49(41-29-22-14-4,42-30-23-15-5)46(33-28-21-13-3)35-34-45(9)10/h1,3,37,45-46H,12,14-16,19-22,26-28,31,33,40,42H2,2,4-10H3. The zero-order chi connectivity index (χ0) is 36.7. The Bertz CT molecular complexity index is 1590. The van der Waals surface area contributed by atoms with E-state index in [2.05, 4.69) is 155 Å². The summed E-state index contributed by atoms with van der Waals surface area (Å²) >= 11 is 0. The third-order valence-electron chi connectivity index (χ3n) is 7.79. The first-order valence-electron chi connectivity index (χ1n) is 18.3. The van der Waals surface area contributed by atoms with Gasteiger partial charge in [-0.2, -0.15) is 0 Å². The van der Waals surface area contributed by atoms with Gasteiger partial charge in [-0.1, -0.05) is 89.4 Å². The second-order valence-corrected chi connectivity index (χ2v) is 12.3. The summed E-state index contributed by atoms with van der Waals surface area (Å²) < 4.78 is 0. The van der Waals surface area contributed by atoms with Crippen molar-refractivity contribution >= 4 is 0 Å². The number of hydrogen-bond acceptors (Lipinski definition) is 0. The number of hydrogen-bond donors (Lipinski definition) is 0. The van der Waals surface area contributed by atoms with Crippen LogP contribution in [0, 0.1) is 154 Å². The van der Waals surface area contributed by atoms with Crippen LogP contribution in [0.3, 0.4) is 0 Å². The van der Waals surface area contributed by atoms with E-state index in [-0.39, 0.29) is 11.8 Å². The fourth-order valence-electron chi connectivity index (χ4n) is 5.20. The normalized spacial score (nSPS) is 13.4. The largest absolute Gasteiger partial charge is 0.155 e. The van der Waals surface area contributed by atoms with Crippen molar-refractivity contribution in [3.63, 3.8) is 0 Å². The topological polar surface area (TPSA) is 0 Å². The van der Waals surface area contributed by atoms with Gasteiger partial charge in [0.2, 0.25) is 0 Å². The summed E-state index contributed by atoms with van der Waals surface area (Å²) in [6, 6.07) is 0. The van der Waals surface area contributed by atoms with Crippen LogP contribution in [-0.4, -0.2) is 0 Å². The highest BCUT2D eigenvalue weighted by atomic mass is 14.5. The van der Waals surface area contributed by atoms with E-state index < -0.39 is 16.2 Å². The van der Waals surface area contributed by atoms with Gasteiger partial charge in [0.05, 0.1) is 5.41 Å². The van der Waals surface area contributed by atoms with Crippen LogP contribution in [-0.2, 0) is 0 Å². The Kier molecular flexibility index (Phi) is 25.1. The highest BCUT2D eigenvalue weighted by molar-refractivity contribution is 5.49. The summed E-state index contributed by atoms with van der Waals surface area (Å²) in [5, 5.41) is 0. The molecule has 0 amide bonds. The molecule has 4 atom stereocenters. The predicted octanol–water partition coefficient (Wildman–Crippen LogP) is 10.7. The van der Waals surface area contributed by atoms with Gasteiger partial charge in [0, 0.05) is 69.6 Å². The molecule has 1 radical (unpaired) electrons. The van der Waals surface area contributed by atoms with Crippen LogP contribution in [0.25, 0.3) is 0 Å². The van der Waals surface area contributed by atoms with Gasteiger partial charge in [-0.15, -0.1) is 78.0 Å². The molecule has 0 N–H and O–H groups in total. The first kappa shape index (κ1) is 44.6. The van der Waals surface area contributed by atoms with Crippen molar-refractivity contribution in [3.05, 3.63) is 6.42 Å². The number of unbranched alkanes of at least 4 members (excludes halogenated alkanes) is 6. The minimum absolute atomic E-state index is 0.180. The van der Waals surface area contributed by atoms with Gasteiger partial charge >= 0.3 is 0 Å². The number of rotatable bonds is 14. The van der Waals surface area contributed by atoms with E-state index in [9.17, 15) is 0 Å². The third kappa shape index (κ3) is 16.5. The van der Waals surface area contributed by atoms with Crippen molar-refractivity contribution in [2.24, 2.45) is 28.1 Å². The molecule has 0 aromatic rings. The highest BCUT2D eigenvalue weighted by Crippen LogP contribution is 2.51. The average Bonchev–Trinajstić information content (AvgIpc) is 3.09. The van der Waals surface area contributed by atoms with E-state index in [1.807, 2.05) is 13.8 Å². The predicted molar refractivity (Wildman–Crippen MR) is 213 cm³/mol. The lowest BCUT2D eigenvalue weighted by Gasteiger charge is -2.44. The lowest BCUT2D eigenvalue weighted by Crippen LogP contribution is -2.45. The number of terminal acetylenes is 2. The van der Waals surface area contributed by atoms with Gasteiger partial charge in [0.25, 0.3) is 0 Å². The zero-order valence-electron chi connectivity index (χ0n) is 32.0. The van der Waals surface area contributed by atoms with Crippen LogP contribution in [0.2, 0.25) is 0 Å². The maximum Gasteiger partial charge on any atom is 0.155 e. The minimum Gasteiger partial charge on any atom is -0.120 e. The van der Waals surface area contributed by atoms with E-state index in [4.69, 9.17) is 12.8 Å². The van der Waals surface area contributed by atoms with Gasteiger partial charge in [-0.05, 0) is 52.4 Å². The van der Waals surface area contributed by atoms with Crippen molar-refractivity contribution in [1.29, 1.82) is 0 Å². The second kappa shape index (κ2) is 27.5. The van der Waals surface area contributed by atoms with E-state index in [1.165, 1.54) is 0 Å². The van der Waals surface area contributed by atoms with Gasteiger partial charge in [0.15, 0.2) is 5.41 Å². The molecule has 0 rings (SSSR count). The molecular weight excluding hydrogens is 589 g/mol. The molecule has 0 fully saturated rings. The molecule has 0 aromatic heterocycles. The first-order chi connectivity index (χ1) is 23.8. The molecule has 255 valence electrons. The van der Waals surface area contributed by atoms with Crippen LogP contribution in [0.1, 0.15) is 152 Å². The summed E-state index contributed by atoms with van der Waals surface area (Å²) in [4.78, 5) is 0. The smallest absolute Gasteiger partial charge is 0.120 e. The Labute approximate surface area is 304 Å². The summed E-state index contributed by atoms with van der Waals surface area (Å²) in [7, 11) is 0. The van der Waals surface area contributed by atoms with E-state index in [1.54, 1.807) is 0 Å². The Hall–Kier alpha value is -4.40. The lowest BCUT2D eigenvalue weighted by molar-refractivity contribution is 0.165. The summed E-state index contributed by atoms with van der Waals surface area (Å²) in [5.74, 6) is 61.5. The van der Waals surface area contributed by atoms with Gasteiger partial charge in [0.1, 0.15) is 5.41 Å². The van der Waals surface area contributed by atoms with E-state index >= 15 is 0 Å². The molecule has 4 unspecified atom stereocenters. The fourth-order valence-corrected chi connectivity index (χ4v) is 5.20. The van der Waals surface area contributed by atoms with Gasteiger partial charge < -0.3 is 0 Å². The Morgan fingerprint density at radius 2 is 1.31 bits per heavy atom. The molecule has 0 heteroatoms. The molecule has 0 nitrogen and oxygen atoms in total. The Morgan fingerprint density at radius 3 is 1.92 bits per heavy atom. The monoisotopic (exact) mass is 647 g/mol. The van der Waals surface area contributed by atoms with Crippen molar-refractivity contribution in [2.75, 3.05) is 0 Å². The van der Waals surface area contributed by atoms with Crippen LogP contribution in [0.5, 0.6) is 0 Å². The average molecular weight is 648 g/mol. The van der Waals surface area contributed by atoms with Gasteiger partial charge in [-0.25, -0.2) is 0 Å². The summed E-state index contributed by atoms with van der Waals surface area (Å²) in [6.45, 7) is 16.4. The molecule has 0 aromatic carbocycles. The molecular formula is C49H59. The van der Waals surface area contributed by atoms with Crippen molar-refractivity contribution in [1.82, 2.24) is 0 Å². The maximum atomic E-state index is 5.76. The first-order valence-corrected chi connectivity index (χ1v) is 18.3. The summed E-state index contributed by atoms with van der Waals surface area (Å²) in [6.07, 6.45) is 24.8. The van der Waals surface area contributed by atoms with E-state index in [0.717, 1.165) is 64.2 Å². The Morgan fingerprint density at radius 1 is 0.592 bits per heavy atom. The molecule has 49 heavy (non-hydrogen) atoms. The van der Waals surface area contributed by atoms with Crippen molar-refractivity contribution in [2.45, 2.75) is 152 Å². The molecule has 0 spiro atoms. The lowest BCUT2D eigenvalue weighted by atomic mass is 9.54. The van der Waals surface area contributed by atoms with Crippen LogP contribution < -0.4 is 0 Å². The summed E-state index contributed by atoms with van der Waals surface area (Å²) in [5.41, 5.74) is -2.81. The molecule has 0 bridgehead atoms. The molecule has 0 heterocycles. The van der Waals surface area contributed by atoms with Crippen molar-refractivity contribution in [3.8, 4) is 119 Å². The molecule has 0 aliphatic rings. The fraction of sp³-hybridized carbons (Fsp3) is 0.571. The molecule has 0 aliphatic heterocycles. The van der Waals surface area contributed by atoms with Crippen LogP contribution in [0.4, 0.5) is 0 Å². The second-order valence-electron chi connectivity index (χ2n) is 12.3. The SMILES string of the molecule is C#CCCC[CH]C(C#CC)(C#CCCCC)C#CC(C#CCC)(CC#CC)C(C#CCCC)(CC#CCC)C(C#CC(C)C)CCCC#C. The van der Waals surface area contributed by atoms with E-state index in [0.29, 0.717) is 32.1 Å². The molecule has 0 saturated heterocycles. The zero-order valence-corrected chi connectivity index (χ0v) is 32.0. The molecule has 0 saturated carbocycles. The van der Waals surface area contributed by atoms with Crippen LogP contribution >= 0.6 is 0 Å². The van der Waals surface area contributed by atoms with Crippen molar-refractivity contribution < 1.29 is 0 Å². The maximum absolute atomic E-state index is 5.76. The highest BCUT2D eigenvalue weighted by Gasteiger charge is 2.53.